The number of nitrogens with one attached hydrogen (secondary N) is 1. The third-order valence-corrected chi connectivity index (χ3v) is 4.22. The summed E-state index contributed by atoms with van der Waals surface area (Å²) >= 11 is 0. The molecule has 1 N–H and O–H groups in total. The molecule has 0 spiro atoms. The van der Waals surface area contributed by atoms with Crippen molar-refractivity contribution in [3.05, 3.63) is 42.1 Å². The van der Waals surface area contributed by atoms with Crippen molar-refractivity contribution in [1.82, 2.24) is 10.3 Å². The van der Waals surface area contributed by atoms with E-state index >= 15 is 0 Å². The van der Waals surface area contributed by atoms with E-state index in [2.05, 4.69) is 48.4 Å². The van der Waals surface area contributed by atoms with Crippen LogP contribution in [-0.4, -0.2) is 23.2 Å². The van der Waals surface area contributed by atoms with Gasteiger partial charge in [0, 0.05) is 24.1 Å². The standard InChI is InChI=1S/C16H20N2O/c1-12-16(2,9-10-19-12)17-11-14-8-7-13-5-3-4-6-15(13)18-14/h3-8,12,17H,9-11H2,1-2H3. The summed E-state index contributed by atoms with van der Waals surface area (Å²) in [5.41, 5.74) is 2.20. The molecule has 1 aliphatic heterocycles. The van der Waals surface area contributed by atoms with E-state index in [-0.39, 0.29) is 11.6 Å². The smallest absolute Gasteiger partial charge is 0.0726 e. The zero-order chi connectivity index (χ0) is 13.3. The van der Waals surface area contributed by atoms with Crippen LogP contribution >= 0.6 is 0 Å². The number of rotatable bonds is 3. The SMILES string of the molecule is CC1OCCC1(C)NCc1ccc2ccccc2n1. The van der Waals surface area contributed by atoms with E-state index in [9.17, 15) is 0 Å². The molecule has 2 atom stereocenters. The molecular weight excluding hydrogens is 236 g/mol. The Labute approximate surface area is 114 Å². The highest BCUT2D eigenvalue weighted by Crippen LogP contribution is 2.25. The van der Waals surface area contributed by atoms with Gasteiger partial charge in [-0.1, -0.05) is 24.3 Å². The quantitative estimate of drug-likeness (QED) is 0.917. The number of pyridine rings is 1. The molecule has 2 heterocycles. The Balaban J connectivity index is 1.75. The summed E-state index contributed by atoms with van der Waals surface area (Å²) in [4.78, 5) is 4.69. The molecular formula is C16H20N2O. The number of hydrogen-bond donors (Lipinski definition) is 1. The second-order valence-corrected chi connectivity index (χ2v) is 5.53. The lowest BCUT2D eigenvalue weighted by molar-refractivity contribution is 0.0880. The van der Waals surface area contributed by atoms with Crippen molar-refractivity contribution in [2.24, 2.45) is 0 Å². The summed E-state index contributed by atoms with van der Waals surface area (Å²) in [6.45, 7) is 5.99. The Morgan fingerprint density at radius 1 is 1.32 bits per heavy atom. The molecule has 1 aromatic carbocycles. The van der Waals surface area contributed by atoms with Crippen LogP contribution in [0.3, 0.4) is 0 Å². The number of ether oxygens (including phenoxy) is 1. The summed E-state index contributed by atoms with van der Waals surface area (Å²) < 4.78 is 5.64. The Bertz CT molecular complexity index is 584. The molecule has 3 rings (SSSR count). The first-order valence-electron chi connectivity index (χ1n) is 6.89. The zero-order valence-corrected chi connectivity index (χ0v) is 11.5. The summed E-state index contributed by atoms with van der Waals surface area (Å²) in [6, 6.07) is 12.5. The molecule has 0 saturated carbocycles. The summed E-state index contributed by atoms with van der Waals surface area (Å²) in [7, 11) is 0. The van der Waals surface area contributed by atoms with Gasteiger partial charge in [0.2, 0.25) is 0 Å². The van der Waals surface area contributed by atoms with E-state index in [4.69, 9.17) is 4.74 Å². The minimum Gasteiger partial charge on any atom is -0.377 e. The van der Waals surface area contributed by atoms with E-state index < -0.39 is 0 Å². The van der Waals surface area contributed by atoms with Gasteiger partial charge in [-0.15, -0.1) is 0 Å². The molecule has 1 saturated heterocycles. The van der Waals surface area contributed by atoms with Crippen molar-refractivity contribution in [2.75, 3.05) is 6.61 Å². The Morgan fingerprint density at radius 3 is 2.95 bits per heavy atom. The van der Waals surface area contributed by atoms with E-state index in [1.807, 2.05) is 12.1 Å². The van der Waals surface area contributed by atoms with Crippen molar-refractivity contribution >= 4 is 10.9 Å². The third-order valence-electron chi connectivity index (χ3n) is 4.22. The second kappa shape index (κ2) is 4.91. The molecule has 1 fully saturated rings. The number of aromatic nitrogens is 1. The molecule has 0 bridgehead atoms. The van der Waals surface area contributed by atoms with Crippen molar-refractivity contribution in [3.8, 4) is 0 Å². The van der Waals surface area contributed by atoms with Crippen LogP contribution < -0.4 is 5.32 Å². The highest BCUT2D eigenvalue weighted by Gasteiger charge is 2.36. The first-order chi connectivity index (χ1) is 9.17. The highest BCUT2D eigenvalue weighted by atomic mass is 16.5. The fraction of sp³-hybridized carbons (Fsp3) is 0.438. The fourth-order valence-electron chi connectivity index (χ4n) is 2.57. The van der Waals surface area contributed by atoms with Gasteiger partial charge in [-0.05, 0) is 32.4 Å². The minimum absolute atomic E-state index is 0.0628. The number of nitrogens with zero attached hydrogens (tertiary/aromatic N) is 1. The first-order valence-corrected chi connectivity index (χ1v) is 6.89. The van der Waals surface area contributed by atoms with Crippen LogP contribution in [0, 0.1) is 0 Å². The van der Waals surface area contributed by atoms with Gasteiger partial charge in [0.25, 0.3) is 0 Å². The van der Waals surface area contributed by atoms with Gasteiger partial charge in [-0.25, -0.2) is 0 Å². The van der Waals surface area contributed by atoms with Crippen LogP contribution in [0.25, 0.3) is 10.9 Å². The molecule has 0 radical (unpaired) electrons. The van der Waals surface area contributed by atoms with Crippen molar-refractivity contribution in [3.63, 3.8) is 0 Å². The second-order valence-electron chi connectivity index (χ2n) is 5.53. The molecule has 19 heavy (non-hydrogen) atoms. The summed E-state index contributed by atoms with van der Waals surface area (Å²) in [5.74, 6) is 0. The lowest BCUT2D eigenvalue weighted by Gasteiger charge is -2.28. The number of hydrogen-bond acceptors (Lipinski definition) is 3. The van der Waals surface area contributed by atoms with Crippen LogP contribution in [0.1, 0.15) is 26.0 Å². The van der Waals surface area contributed by atoms with Gasteiger partial charge >= 0.3 is 0 Å². The van der Waals surface area contributed by atoms with Crippen LogP contribution in [0.5, 0.6) is 0 Å². The van der Waals surface area contributed by atoms with E-state index in [1.165, 1.54) is 5.39 Å². The average Bonchev–Trinajstić information content (AvgIpc) is 2.77. The normalized spacial score (nSPS) is 26.9. The molecule has 0 aliphatic carbocycles. The third kappa shape index (κ3) is 2.48. The van der Waals surface area contributed by atoms with E-state index in [0.29, 0.717) is 0 Å². The highest BCUT2D eigenvalue weighted by molar-refractivity contribution is 5.78. The van der Waals surface area contributed by atoms with Gasteiger partial charge in [-0.3, -0.25) is 4.98 Å². The molecule has 2 aromatic rings. The Hall–Kier alpha value is -1.45. The van der Waals surface area contributed by atoms with Crippen LogP contribution in [-0.2, 0) is 11.3 Å². The lowest BCUT2D eigenvalue weighted by atomic mass is 9.94. The predicted octanol–water partition coefficient (Wildman–Crippen LogP) is 2.89. The van der Waals surface area contributed by atoms with Crippen molar-refractivity contribution in [1.29, 1.82) is 0 Å². The Kier molecular flexibility index (Phi) is 3.25. The molecule has 0 amide bonds. The van der Waals surface area contributed by atoms with Crippen LogP contribution in [0.15, 0.2) is 36.4 Å². The van der Waals surface area contributed by atoms with Crippen molar-refractivity contribution < 1.29 is 4.74 Å². The van der Waals surface area contributed by atoms with Crippen molar-refractivity contribution in [2.45, 2.75) is 38.5 Å². The minimum atomic E-state index is 0.0628. The zero-order valence-electron chi connectivity index (χ0n) is 11.5. The number of para-hydroxylation sites is 1. The molecule has 100 valence electrons. The van der Waals surface area contributed by atoms with Crippen LogP contribution in [0.2, 0.25) is 0 Å². The monoisotopic (exact) mass is 256 g/mol. The number of benzene rings is 1. The molecule has 3 nitrogen and oxygen atoms in total. The maximum atomic E-state index is 5.64. The maximum Gasteiger partial charge on any atom is 0.0726 e. The van der Waals surface area contributed by atoms with Gasteiger partial charge in [-0.2, -0.15) is 0 Å². The van der Waals surface area contributed by atoms with Gasteiger partial charge < -0.3 is 10.1 Å². The summed E-state index contributed by atoms with van der Waals surface area (Å²) in [5, 5.41) is 4.79. The Morgan fingerprint density at radius 2 is 2.16 bits per heavy atom. The topological polar surface area (TPSA) is 34.1 Å². The molecule has 2 unspecified atom stereocenters. The lowest BCUT2D eigenvalue weighted by Crippen LogP contribution is -2.47. The van der Waals surface area contributed by atoms with E-state index in [0.717, 1.165) is 30.8 Å². The molecule has 1 aliphatic rings. The molecule has 3 heteroatoms. The van der Waals surface area contributed by atoms with Gasteiger partial charge in [0.1, 0.15) is 0 Å². The molecule has 1 aromatic heterocycles. The van der Waals surface area contributed by atoms with Gasteiger partial charge in [0.05, 0.1) is 17.3 Å². The van der Waals surface area contributed by atoms with Gasteiger partial charge in [0.15, 0.2) is 0 Å². The first kappa shape index (κ1) is 12.6. The fourth-order valence-corrected chi connectivity index (χ4v) is 2.57. The number of fused-ring (bicyclic) bond motifs is 1. The largest absolute Gasteiger partial charge is 0.377 e. The van der Waals surface area contributed by atoms with E-state index in [1.54, 1.807) is 0 Å². The summed E-state index contributed by atoms with van der Waals surface area (Å²) in [6.07, 6.45) is 1.31. The maximum absolute atomic E-state index is 5.64. The average molecular weight is 256 g/mol. The van der Waals surface area contributed by atoms with Crippen LogP contribution in [0.4, 0.5) is 0 Å². The predicted molar refractivity (Wildman–Crippen MR) is 77.0 cm³/mol.